The van der Waals surface area contributed by atoms with Crippen LogP contribution in [-0.2, 0) is 11.2 Å². The van der Waals surface area contributed by atoms with E-state index in [2.05, 4.69) is 34.6 Å². The van der Waals surface area contributed by atoms with Crippen molar-refractivity contribution in [3.8, 4) is 0 Å². The summed E-state index contributed by atoms with van der Waals surface area (Å²) in [6.07, 6.45) is 5.71. The summed E-state index contributed by atoms with van der Waals surface area (Å²) in [7, 11) is 0. The molecule has 1 aliphatic rings. The van der Waals surface area contributed by atoms with Gasteiger partial charge in [0, 0.05) is 24.7 Å². The average Bonchev–Trinajstić information content (AvgIpc) is 2.97. The van der Waals surface area contributed by atoms with Gasteiger partial charge in [-0.1, -0.05) is 24.3 Å². The van der Waals surface area contributed by atoms with Crippen LogP contribution in [0.15, 0.2) is 36.5 Å². The molecule has 0 saturated carbocycles. The van der Waals surface area contributed by atoms with E-state index in [4.69, 9.17) is 4.74 Å². The molecule has 1 aromatic carbocycles. The minimum Gasteiger partial charge on any atom is -0.377 e. The molecule has 0 amide bonds. The molecule has 1 aliphatic heterocycles. The summed E-state index contributed by atoms with van der Waals surface area (Å²) in [6.45, 7) is 2.88. The van der Waals surface area contributed by atoms with Crippen molar-refractivity contribution in [2.75, 3.05) is 19.7 Å². The SMILES string of the molecule is c1cnc2c(CCNCC3CCCO3)cccc2c1. The van der Waals surface area contributed by atoms with Crippen LogP contribution >= 0.6 is 0 Å². The summed E-state index contributed by atoms with van der Waals surface area (Å²) >= 11 is 0. The molecule has 2 heterocycles. The van der Waals surface area contributed by atoms with Crippen molar-refractivity contribution >= 4 is 10.9 Å². The number of para-hydroxylation sites is 1. The van der Waals surface area contributed by atoms with Gasteiger partial charge in [-0.05, 0) is 37.4 Å². The largest absolute Gasteiger partial charge is 0.377 e. The van der Waals surface area contributed by atoms with Gasteiger partial charge in [0.2, 0.25) is 0 Å². The van der Waals surface area contributed by atoms with Crippen LogP contribution in [0.3, 0.4) is 0 Å². The van der Waals surface area contributed by atoms with Gasteiger partial charge in [0.05, 0.1) is 11.6 Å². The maximum Gasteiger partial charge on any atom is 0.0734 e. The van der Waals surface area contributed by atoms with Crippen LogP contribution in [0, 0.1) is 0 Å². The molecule has 0 spiro atoms. The van der Waals surface area contributed by atoms with Gasteiger partial charge < -0.3 is 10.1 Å². The van der Waals surface area contributed by atoms with Gasteiger partial charge in [0.15, 0.2) is 0 Å². The number of nitrogens with zero attached hydrogens (tertiary/aromatic N) is 1. The fourth-order valence-electron chi connectivity index (χ4n) is 2.66. The number of benzene rings is 1. The first-order chi connectivity index (χ1) is 9.43. The number of hydrogen-bond donors (Lipinski definition) is 1. The first-order valence-electron chi connectivity index (χ1n) is 7.08. The van der Waals surface area contributed by atoms with Gasteiger partial charge in [-0.3, -0.25) is 4.98 Å². The minimum absolute atomic E-state index is 0.422. The molecule has 1 aromatic heterocycles. The molecule has 2 aromatic rings. The van der Waals surface area contributed by atoms with Crippen molar-refractivity contribution in [3.05, 3.63) is 42.1 Å². The average molecular weight is 256 g/mol. The first-order valence-corrected chi connectivity index (χ1v) is 7.08. The highest BCUT2D eigenvalue weighted by Gasteiger charge is 2.14. The zero-order valence-electron chi connectivity index (χ0n) is 11.1. The van der Waals surface area contributed by atoms with Crippen molar-refractivity contribution in [3.63, 3.8) is 0 Å². The minimum atomic E-state index is 0.422. The van der Waals surface area contributed by atoms with Crippen LogP contribution in [0.4, 0.5) is 0 Å². The van der Waals surface area contributed by atoms with Crippen LogP contribution in [0.1, 0.15) is 18.4 Å². The zero-order chi connectivity index (χ0) is 12.9. The Hall–Kier alpha value is -1.45. The highest BCUT2D eigenvalue weighted by Crippen LogP contribution is 2.16. The van der Waals surface area contributed by atoms with Crippen LogP contribution < -0.4 is 5.32 Å². The van der Waals surface area contributed by atoms with E-state index in [1.165, 1.54) is 23.8 Å². The second kappa shape index (κ2) is 6.13. The van der Waals surface area contributed by atoms with Gasteiger partial charge in [-0.15, -0.1) is 0 Å². The smallest absolute Gasteiger partial charge is 0.0734 e. The number of rotatable bonds is 5. The van der Waals surface area contributed by atoms with E-state index in [0.717, 1.165) is 31.6 Å². The highest BCUT2D eigenvalue weighted by atomic mass is 16.5. The van der Waals surface area contributed by atoms with Gasteiger partial charge in [-0.25, -0.2) is 0 Å². The normalized spacial score (nSPS) is 19.1. The quantitative estimate of drug-likeness (QED) is 0.835. The maximum atomic E-state index is 5.60. The van der Waals surface area contributed by atoms with Crippen molar-refractivity contribution in [1.29, 1.82) is 0 Å². The Labute approximate surface area is 114 Å². The van der Waals surface area contributed by atoms with E-state index in [0.29, 0.717) is 6.10 Å². The molecule has 1 saturated heterocycles. The van der Waals surface area contributed by atoms with Crippen LogP contribution in [-0.4, -0.2) is 30.8 Å². The summed E-state index contributed by atoms with van der Waals surface area (Å²) in [5, 5.41) is 4.71. The van der Waals surface area contributed by atoms with Crippen LogP contribution in [0.25, 0.3) is 10.9 Å². The Morgan fingerprint density at radius 1 is 1.26 bits per heavy atom. The lowest BCUT2D eigenvalue weighted by Crippen LogP contribution is -2.27. The Morgan fingerprint density at radius 2 is 2.21 bits per heavy atom. The Kier molecular flexibility index (Phi) is 4.06. The number of fused-ring (bicyclic) bond motifs is 1. The van der Waals surface area contributed by atoms with Crippen molar-refractivity contribution < 1.29 is 4.74 Å². The molecule has 0 bridgehead atoms. The number of nitrogens with one attached hydrogen (secondary N) is 1. The summed E-state index contributed by atoms with van der Waals surface area (Å²) in [5.74, 6) is 0. The summed E-state index contributed by atoms with van der Waals surface area (Å²) in [6, 6.07) is 10.5. The molecule has 0 aliphatic carbocycles. The molecule has 0 radical (unpaired) electrons. The van der Waals surface area contributed by atoms with E-state index >= 15 is 0 Å². The summed E-state index contributed by atoms with van der Waals surface area (Å²) in [5.41, 5.74) is 2.45. The molecule has 3 rings (SSSR count). The predicted octanol–water partition coefficient (Wildman–Crippen LogP) is 2.55. The number of hydrogen-bond acceptors (Lipinski definition) is 3. The van der Waals surface area contributed by atoms with Gasteiger partial charge >= 0.3 is 0 Å². The third-order valence-corrected chi connectivity index (χ3v) is 3.68. The van der Waals surface area contributed by atoms with E-state index < -0.39 is 0 Å². The summed E-state index contributed by atoms with van der Waals surface area (Å²) in [4.78, 5) is 4.48. The number of aromatic nitrogens is 1. The molecule has 1 fully saturated rings. The van der Waals surface area contributed by atoms with E-state index in [-0.39, 0.29) is 0 Å². The Balaban J connectivity index is 1.56. The topological polar surface area (TPSA) is 34.2 Å². The summed E-state index contributed by atoms with van der Waals surface area (Å²) < 4.78 is 5.60. The lowest BCUT2D eigenvalue weighted by Gasteiger charge is -2.11. The van der Waals surface area contributed by atoms with Crippen molar-refractivity contribution in [2.45, 2.75) is 25.4 Å². The van der Waals surface area contributed by atoms with Gasteiger partial charge in [0.1, 0.15) is 0 Å². The number of ether oxygens (including phenoxy) is 1. The second-order valence-electron chi connectivity index (χ2n) is 5.08. The lowest BCUT2D eigenvalue weighted by molar-refractivity contribution is 0.110. The molecule has 3 heteroatoms. The standard InChI is InChI=1S/C16H20N2O/c1-4-13-6-2-9-18-16(13)14(5-1)8-10-17-12-15-7-3-11-19-15/h1-2,4-6,9,15,17H,3,7-8,10-12H2. The fraction of sp³-hybridized carbons (Fsp3) is 0.438. The Bertz CT molecular complexity index is 530. The lowest BCUT2D eigenvalue weighted by atomic mass is 10.1. The third kappa shape index (κ3) is 3.11. The van der Waals surface area contributed by atoms with Crippen molar-refractivity contribution in [1.82, 2.24) is 10.3 Å². The third-order valence-electron chi connectivity index (χ3n) is 3.68. The zero-order valence-corrected chi connectivity index (χ0v) is 11.1. The molecule has 19 heavy (non-hydrogen) atoms. The predicted molar refractivity (Wildman–Crippen MR) is 77.3 cm³/mol. The molecule has 1 unspecified atom stereocenters. The molecule has 100 valence electrons. The van der Waals surface area contributed by atoms with Gasteiger partial charge in [0.25, 0.3) is 0 Å². The Morgan fingerprint density at radius 3 is 3.11 bits per heavy atom. The maximum absolute atomic E-state index is 5.60. The number of pyridine rings is 1. The van der Waals surface area contributed by atoms with E-state index in [1.54, 1.807) is 0 Å². The van der Waals surface area contributed by atoms with Crippen LogP contribution in [0.5, 0.6) is 0 Å². The first kappa shape index (κ1) is 12.6. The molecular weight excluding hydrogens is 236 g/mol. The van der Waals surface area contributed by atoms with Crippen LogP contribution in [0.2, 0.25) is 0 Å². The van der Waals surface area contributed by atoms with E-state index in [1.807, 2.05) is 12.3 Å². The second-order valence-corrected chi connectivity index (χ2v) is 5.08. The van der Waals surface area contributed by atoms with Crippen molar-refractivity contribution in [2.24, 2.45) is 0 Å². The monoisotopic (exact) mass is 256 g/mol. The molecule has 1 N–H and O–H groups in total. The molecule has 3 nitrogen and oxygen atoms in total. The highest BCUT2D eigenvalue weighted by molar-refractivity contribution is 5.81. The van der Waals surface area contributed by atoms with Gasteiger partial charge in [-0.2, -0.15) is 0 Å². The fourth-order valence-corrected chi connectivity index (χ4v) is 2.66. The van der Waals surface area contributed by atoms with E-state index in [9.17, 15) is 0 Å². The molecule has 1 atom stereocenters. The molecular formula is C16H20N2O.